The summed E-state index contributed by atoms with van der Waals surface area (Å²) in [5.41, 5.74) is 7.31. The predicted molar refractivity (Wildman–Crippen MR) is 65.2 cm³/mol. The van der Waals surface area contributed by atoms with E-state index in [1.165, 1.54) is 0 Å². The maximum Gasteiger partial charge on any atom is 0.110 e. The third-order valence-electron chi connectivity index (χ3n) is 2.58. The van der Waals surface area contributed by atoms with Crippen molar-refractivity contribution in [3.8, 4) is 6.07 Å². The number of hydrogen-bond acceptors (Lipinski definition) is 3. The molecule has 1 aromatic heterocycles. The summed E-state index contributed by atoms with van der Waals surface area (Å²) in [6.07, 6.45) is 4.48. The molecule has 0 aliphatic heterocycles. The number of nitrogens with zero attached hydrogens (tertiary/aromatic N) is 3. The van der Waals surface area contributed by atoms with E-state index >= 15 is 0 Å². The molecule has 0 fully saturated rings. The van der Waals surface area contributed by atoms with Crippen LogP contribution in [0.4, 0.5) is 0 Å². The largest absolute Gasteiger partial charge is 0.330 e. The molecule has 0 aliphatic carbocycles. The van der Waals surface area contributed by atoms with Crippen molar-refractivity contribution in [3.63, 3.8) is 0 Å². The fraction of sp³-hybridized carbons (Fsp3) is 0.231. The number of aromatic nitrogens is 2. The van der Waals surface area contributed by atoms with E-state index in [-0.39, 0.29) is 0 Å². The van der Waals surface area contributed by atoms with E-state index in [0.29, 0.717) is 12.1 Å². The first-order chi connectivity index (χ1) is 8.33. The highest BCUT2D eigenvalue weighted by atomic mass is 15.1. The molecule has 0 amide bonds. The van der Waals surface area contributed by atoms with Crippen LogP contribution in [-0.2, 0) is 13.0 Å². The minimum Gasteiger partial charge on any atom is -0.330 e. The van der Waals surface area contributed by atoms with Crippen LogP contribution in [0.25, 0.3) is 0 Å². The van der Waals surface area contributed by atoms with Crippen molar-refractivity contribution in [2.24, 2.45) is 5.73 Å². The SMILES string of the molecule is N#Cc1cccc(Cn2ccnc2CCN)c1. The van der Waals surface area contributed by atoms with Gasteiger partial charge in [0.05, 0.1) is 11.6 Å². The second-order valence-corrected chi connectivity index (χ2v) is 3.82. The Morgan fingerprint density at radius 1 is 1.41 bits per heavy atom. The van der Waals surface area contributed by atoms with Gasteiger partial charge in [-0.2, -0.15) is 5.26 Å². The fourth-order valence-electron chi connectivity index (χ4n) is 1.78. The average Bonchev–Trinajstić information content (AvgIpc) is 2.78. The maximum absolute atomic E-state index is 8.84. The van der Waals surface area contributed by atoms with Crippen LogP contribution in [0.1, 0.15) is 17.0 Å². The van der Waals surface area contributed by atoms with Crippen molar-refractivity contribution in [2.75, 3.05) is 6.54 Å². The van der Waals surface area contributed by atoms with Gasteiger partial charge < -0.3 is 10.3 Å². The number of imidazole rings is 1. The molecule has 0 atom stereocenters. The van der Waals surface area contributed by atoms with Gasteiger partial charge >= 0.3 is 0 Å². The molecule has 0 radical (unpaired) electrons. The second-order valence-electron chi connectivity index (χ2n) is 3.82. The molecule has 1 heterocycles. The molecule has 0 saturated carbocycles. The summed E-state index contributed by atoms with van der Waals surface area (Å²) >= 11 is 0. The zero-order valence-corrected chi connectivity index (χ0v) is 9.50. The molecule has 2 aromatic rings. The smallest absolute Gasteiger partial charge is 0.110 e. The molecule has 0 bridgehead atoms. The van der Waals surface area contributed by atoms with Gasteiger partial charge in [0.25, 0.3) is 0 Å². The van der Waals surface area contributed by atoms with Crippen LogP contribution in [-0.4, -0.2) is 16.1 Å². The van der Waals surface area contributed by atoms with Gasteiger partial charge in [0.1, 0.15) is 5.82 Å². The van der Waals surface area contributed by atoms with E-state index in [1.807, 2.05) is 24.4 Å². The van der Waals surface area contributed by atoms with E-state index in [2.05, 4.69) is 15.6 Å². The topological polar surface area (TPSA) is 67.6 Å². The first kappa shape index (κ1) is 11.4. The highest BCUT2D eigenvalue weighted by molar-refractivity contribution is 5.32. The van der Waals surface area contributed by atoms with Crippen LogP contribution in [0.3, 0.4) is 0 Å². The Morgan fingerprint density at radius 3 is 3.06 bits per heavy atom. The summed E-state index contributed by atoms with van der Waals surface area (Å²) < 4.78 is 2.06. The van der Waals surface area contributed by atoms with Crippen molar-refractivity contribution >= 4 is 0 Å². The maximum atomic E-state index is 8.84. The lowest BCUT2D eigenvalue weighted by molar-refractivity contribution is 0.716. The lowest BCUT2D eigenvalue weighted by Gasteiger charge is -2.07. The Kier molecular flexibility index (Phi) is 3.53. The summed E-state index contributed by atoms with van der Waals surface area (Å²) in [6.45, 7) is 1.32. The van der Waals surface area contributed by atoms with Gasteiger partial charge in [0.15, 0.2) is 0 Å². The molecule has 4 heteroatoms. The zero-order valence-electron chi connectivity index (χ0n) is 9.50. The van der Waals surface area contributed by atoms with Crippen LogP contribution in [0.2, 0.25) is 0 Å². The van der Waals surface area contributed by atoms with E-state index in [4.69, 9.17) is 11.0 Å². The van der Waals surface area contributed by atoms with Crippen LogP contribution in [0.5, 0.6) is 0 Å². The van der Waals surface area contributed by atoms with Gasteiger partial charge in [-0.3, -0.25) is 0 Å². The lowest BCUT2D eigenvalue weighted by Crippen LogP contribution is -2.10. The molecule has 86 valence electrons. The van der Waals surface area contributed by atoms with Crippen LogP contribution in [0, 0.1) is 11.3 Å². The summed E-state index contributed by atoms with van der Waals surface area (Å²) in [6, 6.07) is 9.74. The van der Waals surface area contributed by atoms with Crippen molar-refractivity contribution in [1.29, 1.82) is 5.26 Å². The van der Waals surface area contributed by atoms with Crippen LogP contribution in [0.15, 0.2) is 36.7 Å². The first-order valence-corrected chi connectivity index (χ1v) is 5.52. The summed E-state index contributed by atoms with van der Waals surface area (Å²) in [5, 5.41) is 8.84. The molecule has 0 unspecified atom stereocenters. The average molecular weight is 226 g/mol. The third-order valence-corrected chi connectivity index (χ3v) is 2.58. The van der Waals surface area contributed by atoms with Gasteiger partial charge in [-0.1, -0.05) is 12.1 Å². The van der Waals surface area contributed by atoms with Crippen LogP contribution >= 0.6 is 0 Å². The standard InChI is InChI=1S/C13H14N4/c14-5-4-13-16-6-7-17(13)10-12-3-1-2-11(8-12)9-15/h1-3,6-8H,4-5,10,14H2. The van der Waals surface area contributed by atoms with E-state index < -0.39 is 0 Å². The van der Waals surface area contributed by atoms with Crippen molar-refractivity contribution in [3.05, 3.63) is 53.6 Å². The van der Waals surface area contributed by atoms with Gasteiger partial charge in [0, 0.05) is 25.4 Å². The zero-order chi connectivity index (χ0) is 12.1. The molecule has 0 spiro atoms. The summed E-state index contributed by atoms with van der Waals surface area (Å²) in [7, 11) is 0. The van der Waals surface area contributed by atoms with Gasteiger partial charge in [0.2, 0.25) is 0 Å². The van der Waals surface area contributed by atoms with Gasteiger partial charge in [-0.05, 0) is 24.2 Å². The van der Waals surface area contributed by atoms with Crippen molar-refractivity contribution in [1.82, 2.24) is 9.55 Å². The van der Waals surface area contributed by atoms with Crippen molar-refractivity contribution < 1.29 is 0 Å². The number of hydrogen-bond donors (Lipinski definition) is 1. The third kappa shape index (κ3) is 2.71. The summed E-state index contributed by atoms with van der Waals surface area (Å²) in [5.74, 6) is 0.981. The Morgan fingerprint density at radius 2 is 2.29 bits per heavy atom. The summed E-state index contributed by atoms with van der Waals surface area (Å²) in [4.78, 5) is 4.26. The van der Waals surface area contributed by atoms with Crippen molar-refractivity contribution in [2.45, 2.75) is 13.0 Å². The van der Waals surface area contributed by atoms with E-state index in [0.717, 1.165) is 24.4 Å². The molecule has 2 rings (SSSR count). The van der Waals surface area contributed by atoms with Gasteiger partial charge in [-0.25, -0.2) is 4.98 Å². The molecule has 0 aliphatic rings. The predicted octanol–water partition coefficient (Wildman–Crippen LogP) is 1.30. The van der Waals surface area contributed by atoms with E-state index in [9.17, 15) is 0 Å². The van der Waals surface area contributed by atoms with Crippen LogP contribution < -0.4 is 5.73 Å². The molecule has 1 aromatic carbocycles. The Balaban J connectivity index is 2.19. The molecular formula is C13H14N4. The Labute approximate surface area is 100 Å². The minimum absolute atomic E-state index is 0.593. The Bertz CT molecular complexity index is 536. The van der Waals surface area contributed by atoms with E-state index in [1.54, 1.807) is 12.3 Å². The highest BCUT2D eigenvalue weighted by Crippen LogP contribution is 2.08. The normalized spacial score (nSPS) is 10.1. The second kappa shape index (κ2) is 5.28. The molecular weight excluding hydrogens is 212 g/mol. The molecule has 0 saturated heterocycles. The monoisotopic (exact) mass is 226 g/mol. The first-order valence-electron chi connectivity index (χ1n) is 5.52. The highest BCUT2D eigenvalue weighted by Gasteiger charge is 2.03. The van der Waals surface area contributed by atoms with Gasteiger partial charge in [-0.15, -0.1) is 0 Å². The fourth-order valence-corrected chi connectivity index (χ4v) is 1.78. The molecule has 4 nitrogen and oxygen atoms in total. The molecule has 17 heavy (non-hydrogen) atoms. The number of nitriles is 1. The number of nitrogens with two attached hydrogens (primary N) is 1. The lowest BCUT2D eigenvalue weighted by atomic mass is 10.1. The minimum atomic E-state index is 0.593. The Hall–Kier alpha value is -2.12. The molecule has 2 N–H and O–H groups in total. The number of rotatable bonds is 4. The quantitative estimate of drug-likeness (QED) is 0.854. The number of benzene rings is 1.